The monoisotopic (exact) mass is 576 g/mol. The number of hydrogen-bond donors (Lipinski definition) is 2. The predicted molar refractivity (Wildman–Crippen MR) is 165 cm³/mol. The lowest BCUT2D eigenvalue weighted by atomic mass is 9.48. The van der Waals surface area contributed by atoms with Gasteiger partial charge in [-0.1, -0.05) is 51.0 Å². The molecule has 0 heterocycles. The Kier molecular flexibility index (Phi) is 7.10. The molecule has 8 rings (SSSR count). The Balaban J connectivity index is 0.000000137. The highest BCUT2D eigenvalue weighted by Crippen LogP contribution is 2.65. The molecule has 0 saturated heterocycles. The van der Waals surface area contributed by atoms with Gasteiger partial charge in [-0.25, -0.2) is 0 Å². The van der Waals surface area contributed by atoms with E-state index in [9.17, 15) is 19.8 Å². The third kappa shape index (κ3) is 4.19. The molecular weight excluding hydrogens is 520 g/mol. The maximum atomic E-state index is 12.4. The lowest BCUT2D eigenvalue weighted by molar-refractivity contribution is -0.132. The van der Waals surface area contributed by atoms with Crippen molar-refractivity contribution < 1.29 is 19.8 Å². The number of allylic oxidation sites excluding steroid dienone is 2. The third-order valence-corrected chi connectivity index (χ3v) is 15.6. The Hall–Kier alpha value is -1.26. The highest BCUT2D eigenvalue weighted by Gasteiger charge is 2.60. The zero-order valence-corrected chi connectivity index (χ0v) is 26.8. The normalized spacial score (nSPS) is 52.7. The van der Waals surface area contributed by atoms with Crippen molar-refractivity contribution in [2.24, 2.45) is 57.2 Å². The average molecular weight is 577 g/mol. The number of aliphatic hydroxyl groups excluding tert-OH is 2. The van der Waals surface area contributed by atoms with E-state index < -0.39 is 0 Å². The number of rotatable bonds is 0. The van der Waals surface area contributed by atoms with E-state index in [0.717, 1.165) is 102 Å². The van der Waals surface area contributed by atoms with Crippen LogP contribution in [0.2, 0.25) is 0 Å². The topological polar surface area (TPSA) is 74.6 Å². The van der Waals surface area contributed by atoms with Crippen LogP contribution in [0, 0.1) is 57.2 Å². The van der Waals surface area contributed by atoms with Gasteiger partial charge < -0.3 is 10.2 Å². The number of carbonyl (C=O) groups is 2. The maximum absolute atomic E-state index is 12.4. The number of fused-ring (bicyclic) bond motifs is 10. The van der Waals surface area contributed by atoms with Crippen LogP contribution in [0.1, 0.15) is 130 Å². The van der Waals surface area contributed by atoms with E-state index >= 15 is 0 Å². The van der Waals surface area contributed by atoms with Gasteiger partial charge in [-0.05, 0) is 136 Å². The molecule has 12 atom stereocenters. The van der Waals surface area contributed by atoms with Gasteiger partial charge in [0.1, 0.15) is 11.6 Å². The molecule has 4 nitrogen and oxygen atoms in total. The standard InChI is InChI=1S/2C19H28O2/c2*1-18-9-7-13(20)11-12(18)3-4-14-15-5-6-17(21)19(15,2)10-8-16(14)18/h2*3,13-16,20H,4-11H2,1-2H3/t2*13-,14-,15-,16-,18-,19-/m00/s1. The van der Waals surface area contributed by atoms with Gasteiger partial charge in [0.25, 0.3) is 0 Å². The van der Waals surface area contributed by atoms with E-state index in [0.29, 0.717) is 46.1 Å². The van der Waals surface area contributed by atoms with Gasteiger partial charge in [0, 0.05) is 23.7 Å². The molecule has 0 aromatic rings. The van der Waals surface area contributed by atoms with E-state index in [4.69, 9.17) is 0 Å². The van der Waals surface area contributed by atoms with Gasteiger partial charge in [0.15, 0.2) is 0 Å². The minimum atomic E-state index is -0.122. The summed E-state index contributed by atoms with van der Waals surface area (Å²) in [5.41, 5.74) is 3.61. The van der Waals surface area contributed by atoms with Crippen LogP contribution < -0.4 is 0 Å². The molecule has 0 aromatic heterocycles. The fourth-order valence-corrected chi connectivity index (χ4v) is 12.8. The van der Waals surface area contributed by atoms with E-state index in [-0.39, 0.29) is 23.0 Å². The molecule has 0 bridgehead atoms. The predicted octanol–water partition coefficient (Wildman–Crippen LogP) is 7.76. The number of hydrogen-bond acceptors (Lipinski definition) is 4. The summed E-state index contributed by atoms with van der Waals surface area (Å²) in [4.78, 5) is 24.7. The van der Waals surface area contributed by atoms with Crippen molar-refractivity contribution in [1.82, 2.24) is 0 Å². The van der Waals surface area contributed by atoms with E-state index in [2.05, 4.69) is 39.8 Å². The van der Waals surface area contributed by atoms with Crippen molar-refractivity contribution in [2.75, 3.05) is 0 Å². The molecule has 6 saturated carbocycles. The molecule has 6 fully saturated rings. The Bertz CT molecular complexity index is 1110. The highest BCUT2D eigenvalue weighted by molar-refractivity contribution is 5.87. The van der Waals surface area contributed by atoms with Crippen LogP contribution >= 0.6 is 0 Å². The Labute approximate surface area is 254 Å². The lowest BCUT2D eigenvalue weighted by Gasteiger charge is -2.56. The lowest BCUT2D eigenvalue weighted by Crippen LogP contribution is -2.50. The smallest absolute Gasteiger partial charge is 0.139 e. The molecule has 8 aliphatic rings. The fourth-order valence-electron chi connectivity index (χ4n) is 12.8. The summed E-state index contributed by atoms with van der Waals surface area (Å²) in [6, 6.07) is 0. The van der Waals surface area contributed by atoms with Crippen LogP contribution in [0.3, 0.4) is 0 Å². The minimum absolute atomic E-state index is 0.0168. The minimum Gasteiger partial charge on any atom is -0.393 e. The second-order valence-electron chi connectivity index (χ2n) is 17.1. The molecule has 0 unspecified atom stereocenters. The van der Waals surface area contributed by atoms with Gasteiger partial charge in [-0.2, -0.15) is 0 Å². The summed E-state index contributed by atoms with van der Waals surface area (Å²) in [6.07, 6.45) is 21.4. The first kappa shape index (κ1) is 29.5. The van der Waals surface area contributed by atoms with Crippen molar-refractivity contribution in [3.05, 3.63) is 23.3 Å². The molecular formula is C38H56O4. The Morgan fingerprint density at radius 3 is 1.31 bits per heavy atom. The summed E-state index contributed by atoms with van der Waals surface area (Å²) in [5.74, 6) is 5.20. The van der Waals surface area contributed by atoms with E-state index in [1.165, 1.54) is 24.0 Å². The number of carbonyl (C=O) groups excluding carboxylic acids is 2. The first-order valence-corrected chi connectivity index (χ1v) is 17.7. The number of aliphatic hydroxyl groups is 2. The van der Waals surface area contributed by atoms with Crippen LogP contribution in [0.25, 0.3) is 0 Å². The zero-order chi connectivity index (χ0) is 29.7. The molecule has 8 aliphatic carbocycles. The number of ketones is 2. The Morgan fingerprint density at radius 2 is 0.905 bits per heavy atom. The molecule has 0 radical (unpaired) electrons. The maximum Gasteiger partial charge on any atom is 0.139 e. The molecule has 42 heavy (non-hydrogen) atoms. The van der Waals surface area contributed by atoms with Gasteiger partial charge in [0.2, 0.25) is 0 Å². The molecule has 4 heteroatoms. The zero-order valence-electron chi connectivity index (χ0n) is 26.8. The van der Waals surface area contributed by atoms with Crippen LogP contribution in [-0.2, 0) is 9.59 Å². The second-order valence-corrected chi connectivity index (χ2v) is 17.1. The molecule has 232 valence electrons. The van der Waals surface area contributed by atoms with Crippen LogP contribution in [-0.4, -0.2) is 34.0 Å². The quantitative estimate of drug-likeness (QED) is 0.289. The Morgan fingerprint density at radius 1 is 0.548 bits per heavy atom. The molecule has 0 spiro atoms. The largest absolute Gasteiger partial charge is 0.393 e. The van der Waals surface area contributed by atoms with Crippen LogP contribution in [0.4, 0.5) is 0 Å². The van der Waals surface area contributed by atoms with Crippen molar-refractivity contribution in [3.63, 3.8) is 0 Å². The average Bonchev–Trinajstić information content (AvgIpc) is 3.44. The van der Waals surface area contributed by atoms with Crippen molar-refractivity contribution in [1.29, 1.82) is 0 Å². The van der Waals surface area contributed by atoms with E-state index in [1.54, 1.807) is 0 Å². The summed E-state index contributed by atoms with van der Waals surface area (Å²) in [7, 11) is 0. The fraction of sp³-hybridized carbons (Fsp3) is 0.842. The first-order chi connectivity index (χ1) is 19.9. The van der Waals surface area contributed by atoms with Crippen molar-refractivity contribution >= 4 is 11.6 Å². The molecule has 0 amide bonds. The summed E-state index contributed by atoms with van der Waals surface area (Å²) in [6.45, 7) is 9.38. The summed E-state index contributed by atoms with van der Waals surface area (Å²) >= 11 is 0. The van der Waals surface area contributed by atoms with Crippen LogP contribution in [0.15, 0.2) is 23.3 Å². The van der Waals surface area contributed by atoms with Gasteiger partial charge in [-0.3, -0.25) is 9.59 Å². The molecule has 2 N–H and O–H groups in total. The first-order valence-electron chi connectivity index (χ1n) is 17.7. The molecule has 0 aliphatic heterocycles. The summed E-state index contributed by atoms with van der Waals surface area (Å²) in [5, 5.41) is 20.0. The summed E-state index contributed by atoms with van der Waals surface area (Å²) < 4.78 is 0. The van der Waals surface area contributed by atoms with Gasteiger partial charge in [0.05, 0.1) is 12.2 Å². The van der Waals surface area contributed by atoms with Crippen molar-refractivity contribution in [3.8, 4) is 0 Å². The highest BCUT2D eigenvalue weighted by atomic mass is 16.3. The second kappa shape index (κ2) is 10.1. The van der Waals surface area contributed by atoms with E-state index in [1.807, 2.05) is 0 Å². The number of Topliss-reactive ketones (excluding diaryl/α,β-unsaturated/α-hetero) is 2. The van der Waals surface area contributed by atoms with Gasteiger partial charge >= 0.3 is 0 Å². The van der Waals surface area contributed by atoms with Gasteiger partial charge in [-0.15, -0.1) is 0 Å². The van der Waals surface area contributed by atoms with Crippen LogP contribution in [0.5, 0.6) is 0 Å². The third-order valence-electron chi connectivity index (χ3n) is 15.6. The SMILES string of the molecule is C[C@]12CC[C@H](O)CC1=CC[C@@H]1[C@@H]2CC[C@]2(C)C(=O)CC[C@@H]12.C[C@]12CC[C@H](O)CC1=CC[C@@H]1[C@@H]2CC[C@]2(C)C(=O)CC[C@@H]12. The molecule has 0 aromatic carbocycles. The van der Waals surface area contributed by atoms with Crippen molar-refractivity contribution in [2.45, 2.75) is 143 Å².